The fourth-order valence-electron chi connectivity index (χ4n) is 1.19. The molecule has 1 heterocycles. The lowest BCUT2D eigenvalue weighted by Crippen LogP contribution is -2.48. The topological polar surface area (TPSA) is 55.4 Å². The molecule has 0 aromatic heterocycles. The van der Waals surface area contributed by atoms with Crippen LogP contribution >= 0.6 is 0 Å². The van der Waals surface area contributed by atoms with E-state index in [0.29, 0.717) is 11.5 Å². The number of hydrogen-bond donors (Lipinski definition) is 1. The van der Waals surface area contributed by atoms with Crippen molar-refractivity contribution in [1.29, 1.82) is 0 Å². The maximum absolute atomic E-state index is 10.1. The van der Waals surface area contributed by atoms with Crippen LogP contribution in [0.25, 0.3) is 0 Å². The van der Waals surface area contributed by atoms with E-state index in [1.807, 2.05) is 0 Å². The quantitative estimate of drug-likeness (QED) is 0.822. The minimum Gasteiger partial charge on any atom is -0.378 e. The summed E-state index contributed by atoms with van der Waals surface area (Å²) in [6.07, 6.45) is 0. The van der Waals surface area contributed by atoms with Crippen molar-refractivity contribution in [2.24, 2.45) is 5.41 Å². The van der Waals surface area contributed by atoms with Gasteiger partial charge in [0.1, 0.15) is 0 Å². The largest absolute Gasteiger partial charge is 0.378 e. The van der Waals surface area contributed by atoms with E-state index < -0.39 is 9.84 Å². The summed E-state index contributed by atoms with van der Waals surface area (Å²) in [7, 11) is -3.13. The second kappa shape index (κ2) is 6.93. The Morgan fingerprint density at radius 2 is 1.82 bits per heavy atom. The van der Waals surface area contributed by atoms with Gasteiger partial charge < -0.3 is 10.1 Å². The smallest absolute Gasteiger partial charge is 0.191 e. The Hall–Kier alpha value is -0.650. The minimum absolute atomic E-state index is 0.334. The summed E-state index contributed by atoms with van der Waals surface area (Å²) in [5.41, 5.74) is 0.334. The molecule has 0 aliphatic carbocycles. The number of morpholine rings is 1. The third-order valence-corrected chi connectivity index (χ3v) is 3.36. The molecule has 17 heavy (non-hydrogen) atoms. The Kier molecular flexibility index (Phi) is 6.67. The molecule has 100 valence electrons. The van der Waals surface area contributed by atoms with Crippen molar-refractivity contribution in [1.82, 2.24) is 5.32 Å². The summed E-state index contributed by atoms with van der Waals surface area (Å²) in [5.74, 6) is 0. The lowest BCUT2D eigenvalue weighted by molar-refractivity contribution is 0.0392. The molecule has 0 aromatic carbocycles. The fraction of sp³-hybridized carbons (Fsp3) is 0.667. The van der Waals surface area contributed by atoms with Gasteiger partial charge in [0.15, 0.2) is 9.84 Å². The second-order valence-corrected chi connectivity index (χ2v) is 6.71. The Balaban J connectivity index is 0.000000325. The predicted molar refractivity (Wildman–Crippen MR) is 71.4 cm³/mol. The van der Waals surface area contributed by atoms with E-state index in [0.717, 1.165) is 30.6 Å². The number of sulfone groups is 1. The van der Waals surface area contributed by atoms with E-state index in [1.54, 1.807) is 0 Å². The van der Waals surface area contributed by atoms with E-state index in [4.69, 9.17) is 4.74 Å². The van der Waals surface area contributed by atoms with Crippen molar-refractivity contribution in [2.75, 3.05) is 19.8 Å². The second-order valence-electron chi connectivity index (χ2n) is 4.87. The highest BCUT2D eigenvalue weighted by Gasteiger charge is 2.25. The van der Waals surface area contributed by atoms with Crippen LogP contribution in [0, 0.1) is 5.41 Å². The standard InChI is InChI=1S/C8H17NO.C4H6O2S/c1-8(2,3)7-6-10-5-4-9-7;1-3-7(5,6)4-2/h7,9H,4-6H2,1-3H3;3-4H,1-2H2. The van der Waals surface area contributed by atoms with E-state index in [1.165, 1.54) is 0 Å². The van der Waals surface area contributed by atoms with Crippen molar-refractivity contribution < 1.29 is 13.2 Å². The zero-order valence-corrected chi connectivity index (χ0v) is 11.7. The molecule has 0 saturated carbocycles. The predicted octanol–water partition coefficient (Wildman–Crippen LogP) is 1.71. The van der Waals surface area contributed by atoms with Gasteiger partial charge in [-0.15, -0.1) is 0 Å². The fourth-order valence-corrected chi connectivity index (χ4v) is 1.33. The van der Waals surface area contributed by atoms with Crippen molar-refractivity contribution in [3.8, 4) is 0 Å². The molecule has 1 N–H and O–H groups in total. The van der Waals surface area contributed by atoms with Gasteiger partial charge in [0.25, 0.3) is 0 Å². The number of hydrogen-bond acceptors (Lipinski definition) is 4. The van der Waals surface area contributed by atoms with Crippen molar-refractivity contribution >= 4 is 9.84 Å². The normalized spacial score (nSPS) is 21.0. The van der Waals surface area contributed by atoms with Gasteiger partial charge in [-0.3, -0.25) is 0 Å². The molecular formula is C12H23NO3S. The van der Waals surface area contributed by atoms with Crippen LogP contribution in [0.1, 0.15) is 20.8 Å². The van der Waals surface area contributed by atoms with Gasteiger partial charge in [-0.05, 0) is 5.41 Å². The molecule has 0 bridgehead atoms. The Bertz CT molecular complexity index is 321. The van der Waals surface area contributed by atoms with E-state index in [9.17, 15) is 8.42 Å². The van der Waals surface area contributed by atoms with Crippen LogP contribution < -0.4 is 5.32 Å². The van der Waals surface area contributed by atoms with Gasteiger partial charge in [0.2, 0.25) is 0 Å². The van der Waals surface area contributed by atoms with Crippen LogP contribution in [-0.4, -0.2) is 34.2 Å². The maximum atomic E-state index is 10.1. The van der Waals surface area contributed by atoms with Gasteiger partial charge in [0.05, 0.1) is 13.2 Å². The molecule has 1 unspecified atom stereocenters. The van der Waals surface area contributed by atoms with E-state index >= 15 is 0 Å². The molecule has 4 nitrogen and oxygen atoms in total. The van der Waals surface area contributed by atoms with Crippen LogP contribution in [0.5, 0.6) is 0 Å². The first-order valence-electron chi connectivity index (χ1n) is 5.54. The average Bonchev–Trinajstić information content (AvgIpc) is 2.30. The van der Waals surface area contributed by atoms with Gasteiger partial charge in [-0.2, -0.15) is 0 Å². The summed E-state index contributed by atoms with van der Waals surface area (Å²) in [4.78, 5) is 0. The molecule has 1 aliphatic heterocycles. The molecule has 0 amide bonds. The molecule has 0 radical (unpaired) electrons. The van der Waals surface area contributed by atoms with Crippen molar-refractivity contribution in [2.45, 2.75) is 26.8 Å². The lowest BCUT2D eigenvalue weighted by Gasteiger charge is -2.34. The van der Waals surface area contributed by atoms with Gasteiger partial charge in [-0.25, -0.2) is 8.42 Å². The lowest BCUT2D eigenvalue weighted by atomic mass is 9.87. The number of nitrogens with one attached hydrogen (secondary N) is 1. The summed E-state index contributed by atoms with van der Waals surface area (Å²) in [6, 6.07) is 0.529. The molecule has 1 atom stereocenters. The first-order chi connectivity index (χ1) is 7.73. The van der Waals surface area contributed by atoms with Crippen LogP contribution in [0.3, 0.4) is 0 Å². The number of rotatable bonds is 2. The zero-order valence-electron chi connectivity index (χ0n) is 10.9. The first kappa shape index (κ1) is 16.4. The summed E-state index contributed by atoms with van der Waals surface area (Å²) in [5, 5.41) is 5.13. The molecule has 0 aromatic rings. The highest BCUT2D eigenvalue weighted by Crippen LogP contribution is 2.20. The average molecular weight is 261 g/mol. The van der Waals surface area contributed by atoms with Crippen LogP contribution in [0.2, 0.25) is 0 Å². The van der Waals surface area contributed by atoms with Gasteiger partial charge >= 0.3 is 0 Å². The molecule has 5 heteroatoms. The third-order valence-electron chi connectivity index (χ3n) is 2.43. The molecule has 1 fully saturated rings. The Labute approximate surface area is 105 Å². The molecule has 1 saturated heterocycles. The Morgan fingerprint density at radius 1 is 1.29 bits per heavy atom. The molecule has 1 rings (SSSR count). The highest BCUT2D eigenvalue weighted by atomic mass is 32.2. The zero-order chi connectivity index (χ0) is 13.5. The van der Waals surface area contributed by atoms with Gasteiger partial charge in [-0.1, -0.05) is 33.9 Å². The maximum Gasteiger partial charge on any atom is 0.191 e. The highest BCUT2D eigenvalue weighted by molar-refractivity contribution is 7.97. The summed E-state index contributed by atoms with van der Waals surface area (Å²) in [6.45, 7) is 15.5. The van der Waals surface area contributed by atoms with Crippen LogP contribution in [0.15, 0.2) is 24.0 Å². The van der Waals surface area contributed by atoms with E-state index in [-0.39, 0.29) is 0 Å². The summed E-state index contributed by atoms with van der Waals surface area (Å²) < 4.78 is 25.6. The molecule has 1 aliphatic rings. The minimum atomic E-state index is -3.13. The third kappa shape index (κ3) is 7.31. The van der Waals surface area contributed by atoms with Crippen LogP contribution in [-0.2, 0) is 14.6 Å². The monoisotopic (exact) mass is 261 g/mol. The summed E-state index contributed by atoms with van der Waals surface area (Å²) >= 11 is 0. The van der Waals surface area contributed by atoms with Crippen LogP contribution in [0.4, 0.5) is 0 Å². The van der Waals surface area contributed by atoms with E-state index in [2.05, 4.69) is 39.2 Å². The van der Waals surface area contributed by atoms with Crippen molar-refractivity contribution in [3.05, 3.63) is 24.0 Å². The molecular weight excluding hydrogens is 238 g/mol. The Morgan fingerprint density at radius 3 is 2.00 bits per heavy atom. The van der Waals surface area contributed by atoms with Gasteiger partial charge in [0, 0.05) is 23.4 Å². The first-order valence-corrected chi connectivity index (χ1v) is 7.15. The van der Waals surface area contributed by atoms with Crippen molar-refractivity contribution in [3.63, 3.8) is 0 Å². The number of ether oxygens (including phenoxy) is 1. The molecule has 0 spiro atoms. The SMILES string of the molecule is C=CS(=O)(=O)C=C.CC(C)(C)C1COCCN1.